The van der Waals surface area contributed by atoms with E-state index in [4.69, 9.17) is 0 Å². The maximum Gasteiger partial charge on any atom is 0.110 e. The van der Waals surface area contributed by atoms with Crippen LogP contribution in [0.3, 0.4) is 0 Å². The van der Waals surface area contributed by atoms with Crippen LogP contribution in [0.25, 0.3) is 22.8 Å². The van der Waals surface area contributed by atoms with Crippen molar-refractivity contribution >= 4 is 28.5 Å². The minimum Gasteiger partial charge on any atom is -0.374 e. The van der Waals surface area contributed by atoms with E-state index in [1.165, 1.54) is 0 Å². The summed E-state index contributed by atoms with van der Waals surface area (Å²) in [5.41, 5.74) is 5.46. The molecule has 0 aliphatic heterocycles. The lowest BCUT2D eigenvalue weighted by Crippen LogP contribution is -2.18. The molecule has 3 nitrogen and oxygen atoms in total. The first-order valence-corrected chi connectivity index (χ1v) is 9.29. The summed E-state index contributed by atoms with van der Waals surface area (Å²) in [6.07, 6.45) is 6.83. The quantitative estimate of drug-likeness (QED) is 0.501. The predicted molar refractivity (Wildman–Crippen MR) is 114 cm³/mol. The van der Waals surface area contributed by atoms with Gasteiger partial charge >= 0.3 is 0 Å². The van der Waals surface area contributed by atoms with Gasteiger partial charge in [-0.2, -0.15) is 0 Å². The summed E-state index contributed by atoms with van der Waals surface area (Å²) in [5, 5.41) is 0. The summed E-state index contributed by atoms with van der Waals surface area (Å²) >= 11 is 0. The van der Waals surface area contributed by atoms with E-state index in [2.05, 4.69) is 57.1 Å². The van der Waals surface area contributed by atoms with Crippen molar-refractivity contribution < 1.29 is 4.39 Å². The molecule has 0 radical (unpaired) electrons. The van der Waals surface area contributed by atoms with Crippen molar-refractivity contribution in [3.05, 3.63) is 72.1 Å². The number of aromatic nitrogens is 2. The van der Waals surface area contributed by atoms with E-state index >= 15 is 0 Å². The average Bonchev–Trinajstić information content (AvgIpc) is 3.02. The topological polar surface area (TPSA) is 21.1 Å². The van der Waals surface area contributed by atoms with E-state index < -0.39 is 0 Å². The molecule has 2 aromatic carbocycles. The molecule has 1 heterocycles. The number of halogens is 1. The van der Waals surface area contributed by atoms with Gasteiger partial charge < -0.3 is 9.47 Å². The number of nitrogens with zero attached hydrogens (tertiary/aromatic N) is 3. The first-order chi connectivity index (χ1) is 13.1. The van der Waals surface area contributed by atoms with Crippen LogP contribution in [0, 0.1) is 6.92 Å². The third-order valence-electron chi connectivity index (χ3n) is 4.73. The molecule has 0 amide bonds. The zero-order valence-electron chi connectivity index (χ0n) is 16.2. The largest absolute Gasteiger partial charge is 0.374 e. The van der Waals surface area contributed by atoms with Gasteiger partial charge in [0.25, 0.3) is 0 Å². The second kappa shape index (κ2) is 8.67. The molecule has 0 aliphatic carbocycles. The Balaban J connectivity index is 1.87. The van der Waals surface area contributed by atoms with Gasteiger partial charge in [0, 0.05) is 25.5 Å². The van der Waals surface area contributed by atoms with Crippen LogP contribution >= 0.6 is 0 Å². The van der Waals surface area contributed by atoms with E-state index in [9.17, 15) is 4.39 Å². The number of hydrogen-bond donors (Lipinski definition) is 0. The van der Waals surface area contributed by atoms with Crippen LogP contribution < -0.4 is 4.90 Å². The molecule has 0 atom stereocenters. The molecular weight excluding hydrogens is 337 g/mol. The Bertz CT molecular complexity index is 969. The van der Waals surface area contributed by atoms with Gasteiger partial charge in [-0.05, 0) is 61.7 Å². The lowest BCUT2D eigenvalue weighted by atomic mass is 10.0. The maximum absolute atomic E-state index is 12.5. The number of imidazole rings is 1. The van der Waals surface area contributed by atoms with Gasteiger partial charge in [0.05, 0.1) is 17.7 Å². The number of para-hydroxylation sites is 2. The molecule has 0 unspecified atom stereocenters. The number of hydrogen-bond acceptors (Lipinski definition) is 2. The van der Waals surface area contributed by atoms with Crippen LogP contribution in [-0.2, 0) is 0 Å². The number of fused-ring (bicyclic) bond motifs is 1. The van der Waals surface area contributed by atoms with Crippen LogP contribution in [0.2, 0.25) is 0 Å². The molecule has 0 bridgehead atoms. The molecule has 3 aromatic rings. The number of anilines is 1. The highest BCUT2D eigenvalue weighted by Gasteiger charge is 2.06. The van der Waals surface area contributed by atoms with Crippen LogP contribution in [0.15, 0.2) is 60.7 Å². The first kappa shape index (κ1) is 18.9. The molecule has 140 valence electrons. The number of allylic oxidation sites excluding steroid dienone is 3. The molecule has 3 rings (SSSR count). The zero-order chi connectivity index (χ0) is 19.2. The average molecular weight is 363 g/mol. The molecule has 4 heteroatoms. The van der Waals surface area contributed by atoms with Gasteiger partial charge in [0.15, 0.2) is 0 Å². The Morgan fingerprint density at radius 3 is 2.78 bits per heavy atom. The fourth-order valence-corrected chi connectivity index (χ4v) is 3.22. The Labute approximate surface area is 160 Å². The minimum atomic E-state index is -0.287. The monoisotopic (exact) mass is 363 g/mol. The fourth-order valence-electron chi connectivity index (χ4n) is 3.22. The summed E-state index contributed by atoms with van der Waals surface area (Å²) < 4.78 is 14.6. The molecular formula is C23H26FN3. The van der Waals surface area contributed by atoms with Crippen molar-refractivity contribution in [2.75, 3.05) is 25.2 Å². The van der Waals surface area contributed by atoms with Crippen LogP contribution in [0.4, 0.5) is 10.1 Å². The highest BCUT2D eigenvalue weighted by Crippen LogP contribution is 2.23. The molecule has 0 fully saturated rings. The van der Waals surface area contributed by atoms with Crippen molar-refractivity contribution in [3.63, 3.8) is 0 Å². The van der Waals surface area contributed by atoms with Crippen molar-refractivity contribution in [1.82, 2.24) is 9.55 Å². The summed E-state index contributed by atoms with van der Waals surface area (Å²) in [6.45, 7) is 4.48. The van der Waals surface area contributed by atoms with Crippen LogP contribution in [0.1, 0.15) is 24.7 Å². The fraction of sp³-hybridized carbons (Fsp3) is 0.261. The Hall–Kier alpha value is -2.88. The normalized spacial score (nSPS) is 12.2. The van der Waals surface area contributed by atoms with Crippen molar-refractivity contribution in [2.45, 2.75) is 20.3 Å². The number of alkyl halides is 1. The number of benzene rings is 2. The number of aryl methyl sites for hydroxylation is 1. The summed E-state index contributed by atoms with van der Waals surface area (Å²) in [5.74, 6) is 0.961. The Kier molecular flexibility index (Phi) is 6.07. The van der Waals surface area contributed by atoms with Gasteiger partial charge in [-0.3, -0.25) is 4.39 Å². The highest BCUT2D eigenvalue weighted by molar-refractivity contribution is 5.82. The third-order valence-corrected chi connectivity index (χ3v) is 4.73. The predicted octanol–water partition coefficient (Wildman–Crippen LogP) is 5.71. The van der Waals surface area contributed by atoms with Gasteiger partial charge in [-0.25, -0.2) is 4.98 Å². The van der Waals surface area contributed by atoms with Gasteiger partial charge in [-0.1, -0.05) is 30.3 Å². The summed E-state index contributed by atoms with van der Waals surface area (Å²) in [4.78, 5) is 6.70. The Morgan fingerprint density at radius 2 is 2.00 bits per heavy atom. The van der Waals surface area contributed by atoms with E-state index in [0.29, 0.717) is 13.0 Å². The lowest BCUT2D eigenvalue weighted by molar-refractivity contribution is 0.474. The van der Waals surface area contributed by atoms with E-state index in [1.54, 1.807) is 0 Å². The number of rotatable bonds is 7. The standard InChI is InChI=1S/C23H26FN3/c1-4-19(20-9-7-10-21(17-20)26(3)15-8-14-24)13-16-27-18(2)25-22-11-5-6-12-23(22)27/h4-7,9-13,16-17H,8,14-15H2,1-3H3. The van der Waals surface area contributed by atoms with Gasteiger partial charge in [-0.15, -0.1) is 0 Å². The summed E-state index contributed by atoms with van der Waals surface area (Å²) in [7, 11) is 2.00. The van der Waals surface area contributed by atoms with Crippen molar-refractivity contribution in [2.24, 2.45) is 0 Å². The van der Waals surface area contributed by atoms with Gasteiger partial charge in [0.1, 0.15) is 5.82 Å². The molecule has 27 heavy (non-hydrogen) atoms. The van der Waals surface area contributed by atoms with Crippen molar-refractivity contribution in [3.8, 4) is 0 Å². The molecule has 0 N–H and O–H groups in total. The SMILES string of the molecule is CC=C(C=Cn1c(C)nc2ccccc21)c1cccc(N(C)CCCF)c1. The van der Waals surface area contributed by atoms with E-state index in [1.807, 2.05) is 45.2 Å². The Morgan fingerprint density at radius 1 is 1.19 bits per heavy atom. The summed E-state index contributed by atoms with van der Waals surface area (Å²) in [6, 6.07) is 16.5. The third kappa shape index (κ3) is 4.27. The first-order valence-electron chi connectivity index (χ1n) is 9.29. The maximum atomic E-state index is 12.5. The van der Waals surface area contributed by atoms with Crippen molar-refractivity contribution in [1.29, 1.82) is 0 Å². The molecule has 0 aliphatic rings. The molecule has 1 aromatic heterocycles. The molecule has 0 saturated heterocycles. The second-order valence-corrected chi connectivity index (χ2v) is 6.59. The smallest absolute Gasteiger partial charge is 0.110 e. The van der Waals surface area contributed by atoms with E-state index in [-0.39, 0.29) is 6.67 Å². The van der Waals surface area contributed by atoms with Crippen LogP contribution in [0.5, 0.6) is 0 Å². The zero-order valence-corrected chi connectivity index (χ0v) is 16.2. The molecule has 0 saturated carbocycles. The lowest BCUT2D eigenvalue weighted by Gasteiger charge is -2.19. The van der Waals surface area contributed by atoms with Crippen LogP contribution in [-0.4, -0.2) is 29.8 Å². The minimum absolute atomic E-state index is 0.287. The van der Waals surface area contributed by atoms with Gasteiger partial charge in [0.2, 0.25) is 0 Å². The second-order valence-electron chi connectivity index (χ2n) is 6.59. The highest BCUT2D eigenvalue weighted by atomic mass is 19.1. The van der Waals surface area contributed by atoms with E-state index in [0.717, 1.165) is 33.7 Å². The molecule has 0 spiro atoms.